The number of hydrogen-bond acceptors (Lipinski definition) is 6. The van der Waals surface area contributed by atoms with Gasteiger partial charge in [-0.15, -0.1) is 0 Å². The third-order valence-electron chi connectivity index (χ3n) is 6.21. The van der Waals surface area contributed by atoms with Gasteiger partial charge in [-0.2, -0.15) is 0 Å². The van der Waals surface area contributed by atoms with E-state index in [1.54, 1.807) is 0 Å². The van der Waals surface area contributed by atoms with Gasteiger partial charge in [-0.25, -0.2) is 5.32 Å². The number of hydrogen-bond donors (Lipinski definition) is 3. The van der Waals surface area contributed by atoms with Crippen molar-refractivity contribution in [1.82, 2.24) is 10.2 Å². The van der Waals surface area contributed by atoms with Gasteiger partial charge in [0.05, 0.1) is 32.5 Å². The van der Waals surface area contributed by atoms with E-state index in [9.17, 15) is 9.59 Å². The number of likely N-dealkylation sites (tertiary alicyclic amines) is 1. The lowest BCUT2D eigenvalue weighted by Gasteiger charge is -2.52. The molecule has 3 rings (SSSR count). The Kier molecular flexibility index (Phi) is 6.73. The molecule has 154 valence electrons. The van der Waals surface area contributed by atoms with E-state index in [1.165, 1.54) is 7.11 Å². The molecule has 0 aromatic carbocycles. The zero-order chi connectivity index (χ0) is 19.6. The minimum atomic E-state index is -0.454. The summed E-state index contributed by atoms with van der Waals surface area (Å²) in [6.07, 6.45) is 4.31. The van der Waals surface area contributed by atoms with Gasteiger partial charge in [0.2, 0.25) is 5.91 Å². The average Bonchev–Trinajstić information content (AvgIpc) is 2.66. The Balaban J connectivity index is 1.77. The van der Waals surface area contributed by atoms with Gasteiger partial charge in [0.15, 0.2) is 12.3 Å². The number of esters is 1. The standard InChI is InChI=1S/C19H34N4O4/c1-12(2)27-10-6-9-23-16(20)13(19(25)26-3)11-14-17(23)21-15-7-4-5-8-22(15)18(14)24/h12-17,21H,4-11,20H2,1-3H3/p+1. The van der Waals surface area contributed by atoms with Gasteiger partial charge in [0.25, 0.3) is 0 Å². The smallest absolute Gasteiger partial charge is 0.316 e. The van der Waals surface area contributed by atoms with Crippen LogP contribution in [0.3, 0.4) is 0 Å². The van der Waals surface area contributed by atoms with Crippen LogP contribution in [-0.2, 0) is 19.1 Å². The van der Waals surface area contributed by atoms with Crippen LogP contribution in [0.2, 0.25) is 0 Å². The van der Waals surface area contributed by atoms with Crippen molar-refractivity contribution < 1.29 is 24.0 Å². The Morgan fingerprint density at radius 1 is 1.41 bits per heavy atom. The van der Waals surface area contributed by atoms with Gasteiger partial charge < -0.3 is 19.3 Å². The average molecular weight is 384 g/mol. The Morgan fingerprint density at radius 3 is 2.89 bits per heavy atom. The monoisotopic (exact) mass is 383 g/mol. The lowest BCUT2D eigenvalue weighted by Crippen LogP contribution is -3.25. The van der Waals surface area contributed by atoms with Crippen LogP contribution in [0.1, 0.15) is 46.0 Å². The number of carbonyl (C=O) groups excluding carboxylic acids is 2. The number of quaternary nitrogens is 1. The Labute approximate surface area is 161 Å². The summed E-state index contributed by atoms with van der Waals surface area (Å²) in [6.45, 7) is 6.24. The van der Waals surface area contributed by atoms with E-state index in [0.717, 1.165) is 43.7 Å². The maximum atomic E-state index is 13.2. The SMILES string of the molecule is COC(=O)C1CC2C(=O)N3CCCCC3NC2[NH+](CCCOC(C)C)C1N. The summed E-state index contributed by atoms with van der Waals surface area (Å²) in [6, 6.07) is 0. The molecule has 3 aliphatic rings. The molecular formula is C19H35N4O4+. The molecule has 3 aliphatic heterocycles. The van der Waals surface area contributed by atoms with Crippen molar-refractivity contribution in [3.63, 3.8) is 0 Å². The van der Waals surface area contributed by atoms with Crippen LogP contribution in [-0.4, -0.2) is 68.2 Å². The van der Waals surface area contributed by atoms with Crippen molar-refractivity contribution in [3.8, 4) is 0 Å². The fourth-order valence-electron chi connectivity index (χ4n) is 4.85. The van der Waals surface area contributed by atoms with Crippen LogP contribution >= 0.6 is 0 Å². The Bertz CT molecular complexity index is 544. The number of nitrogens with two attached hydrogens (primary N) is 1. The summed E-state index contributed by atoms with van der Waals surface area (Å²) in [7, 11) is 1.39. The first-order valence-corrected chi connectivity index (χ1v) is 10.3. The third kappa shape index (κ3) is 4.29. The maximum absolute atomic E-state index is 13.2. The van der Waals surface area contributed by atoms with Gasteiger partial charge in [-0.3, -0.25) is 15.3 Å². The van der Waals surface area contributed by atoms with Crippen molar-refractivity contribution >= 4 is 11.9 Å². The molecule has 0 aromatic rings. The molecule has 0 aromatic heterocycles. The molecule has 0 aliphatic carbocycles. The van der Waals surface area contributed by atoms with Gasteiger partial charge in [0.1, 0.15) is 11.8 Å². The zero-order valence-corrected chi connectivity index (χ0v) is 16.8. The fraction of sp³-hybridized carbons (Fsp3) is 0.895. The largest absolute Gasteiger partial charge is 0.469 e. The molecular weight excluding hydrogens is 348 g/mol. The number of nitrogens with one attached hydrogen (secondary N) is 2. The van der Waals surface area contributed by atoms with Crippen molar-refractivity contribution in [2.45, 2.75) is 70.6 Å². The van der Waals surface area contributed by atoms with Gasteiger partial charge in [-0.1, -0.05) is 0 Å². The summed E-state index contributed by atoms with van der Waals surface area (Å²) in [5.74, 6) is -0.834. The number of carbonyl (C=O) groups is 2. The number of amides is 1. The number of rotatable bonds is 6. The topological polar surface area (TPSA) is 98.3 Å². The molecule has 1 amide bonds. The summed E-state index contributed by atoms with van der Waals surface area (Å²) in [4.78, 5) is 28.5. The van der Waals surface area contributed by atoms with E-state index < -0.39 is 5.92 Å². The number of ether oxygens (including phenoxy) is 2. The quantitative estimate of drug-likeness (QED) is 0.404. The number of nitrogens with zero attached hydrogens (tertiary/aromatic N) is 1. The van der Waals surface area contributed by atoms with Crippen molar-refractivity contribution in [1.29, 1.82) is 0 Å². The maximum Gasteiger partial charge on any atom is 0.316 e. The molecule has 4 N–H and O–H groups in total. The first-order valence-electron chi connectivity index (χ1n) is 10.3. The highest BCUT2D eigenvalue weighted by Crippen LogP contribution is 2.30. The molecule has 0 saturated carbocycles. The van der Waals surface area contributed by atoms with Crippen molar-refractivity contribution in [2.24, 2.45) is 17.6 Å². The fourth-order valence-corrected chi connectivity index (χ4v) is 4.85. The van der Waals surface area contributed by atoms with E-state index in [1.807, 2.05) is 18.7 Å². The summed E-state index contributed by atoms with van der Waals surface area (Å²) in [5.41, 5.74) is 6.52. The van der Waals surface area contributed by atoms with E-state index in [0.29, 0.717) is 13.0 Å². The highest BCUT2D eigenvalue weighted by Gasteiger charge is 2.55. The molecule has 27 heavy (non-hydrogen) atoms. The molecule has 3 fully saturated rings. The molecule has 3 heterocycles. The van der Waals surface area contributed by atoms with Crippen molar-refractivity contribution in [2.75, 3.05) is 26.8 Å². The zero-order valence-electron chi connectivity index (χ0n) is 16.8. The van der Waals surface area contributed by atoms with Gasteiger partial charge >= 0.3 is 5.97 Å². The van der Waals surface area contributed by atoms with Crippen LogP contribution in [0.5, 0.6) is 0 Å². The molecule has 0 spiro atoms. The van der Waals surface area contributed by atoms with Crippen LogP contribution in [0, 0.1) is 11.8 Å². The molecule has 3 saturated heterocycles. The summed E-state index contributed by atoms with van der Waals surface area (Å²) in [5, 5.41) is 3.69. The molecule has 0 radical (unpaired) electrons. The normalized spacial score (nSPS) is 36.3. The molecule has 6 unspecified atom stereocenters. The summed E-state index contributed by atoms with van der Waals surface area (Å²) < 4.78 is 10.7. The van der Waals surface area contributed by atoms with Crippen LogP contribution < -0.4 is 16.0 Å². The first kappa shape index (κ1) is 20.5. The molecule has 8 heteroatoms. The third-order valence-corrected chi connectivity index (χ3v) is 6.21. The second-order valence-corrected chi connectivity index (χ2v) is 8.28. The second-order valence-electron chi connectivity index (χ2n) is 8.28. The van der Waals surface area contributed by atoms with Gasteiger partial charge in [0, 0.05) is 13.0 Å². The summed E-state index contributed by atoms with van der Waals surface area (Å²) >= 11 is 0. The highest BCUT2D eigenvalue weighted by atomic mass is 16.5. The van der Waals surface area contributed by atoms with Crippen LogP contribution in [0.25, 0.3) is 0 Å². The predicted molar refractivity (Wildman–Crippen MR) is 99.4 cm³/mol. The van der Waals surface area contributed by atoms with E-state index >= 15 is 0 Å². The van der Waals surface area contributed by atoms with Gasteiger partial charge in [-0.05, 0) is 39.5 Å². The van der Waals surface area contributed by atoms with E-state index in [2.05, 4.69) is 5.32 Å². The van der Waals surface area contributed by atoms with E-state index in [4.69, 9.17) is 15.2 Å². The first-order chi connectivity index (χ1) is 12.9. The molecule has 0 bridgehead atoms. The number of fused-ring (bicyclic) bond motifs is 2. The minimum Gasteiger partial charge on any atom is -0.469 e. The molecule has 6 atom stereocenters. The van der Waals surface area contributed by atoms with E-state index in [-0.39, 0.29) is 42.4 Å². The lowest BCUT2D eigenvalue weighted by atomic mass is 9.81. The molecule has 8 nitrogen and oxygen atoms in total. The second kappa shape index (κ2) is 8.86. The van der Waals surface area contributed by atoms with Crippen LogP contribution in [0.4, 0.5) is 0 Å². The lowest BCUT2D eigenvalue weighted by molar-refractivity contribution is -0.965. The minimum absolute atomic E-state index is 0.0493. The number of piperidine rings is 2. The highest BCUT2D eigenvalue weighted by molar-refractivity contribution is 5.82. The van der Waals surface area contributed by atoms with Crippen molar-refractivity contribution in [3.05, 3.63) is 0 Å². The Morgan fingerprint density at radius 2 is 2.19 bits per heavy atom. The predicted octanol–water partition coefficient (Wildman–Crippen LogP) is -0.952. The number of methoxy groups -OCH3 is 1. The Hall–Kier alpha value is -1.22. The van der Waals surface area contributed by atoms with Crippen LogP contribution in [0.15, 0.2) is 0 Å².